The quantitative estimate of drug-likeness (QED) is 0.577. The van der Waals surface area contributed by atoms with Gasteiger partial charge < -0.3 is 21.7 Å². The van der Waals surface area contributed by atoms with E-state index in [1.807, 2.05) is 0 Å². The minimum Gasteiger partial charge on any atom is -1.00 e. The summed E-state index contributed by atoms with van der Waals surface area (Å²) in [5.74, 6) is 0. The molecule has 0 saturated carbocycles. The van der Waals surface area contributed by atoms with Crippen LogP contribution in [0.25, 0.3) is 0 Å². The number of halogens is 1. The average Bonchev–Trinajstić information content (AvgIpc) is 2.30. The monoisotopic (exact) mass is 286 g/mol. The Labute approximate surface area is 108 Å². The molecule has 0 aromatic carbocycles. The van der Waals surface area contributed by atoms with Gasteiger partial charge in [0.25, 0.3) is 0 Å². The Balaban J connectivity index is 0.00000128. The Morgan fingerprint density at radius 1 is 1.25 bits per heavy atom. The van der Waals surface area contributed by atoms with E-state index in [0.717, 1.165) is 39.4 Å². The first-order chi connectivity index (χ1) is 7.34. The molecule has 0 spiro atoms. The summed E-state index contributed by atoms with van der Waals surface area (Å²) in [6.45, 7) is 8.24. The molecule has 2 heterocycles. The van der Waals surface area contributed by atoms with E-state index in [1.165, 1.54) is 5.56 Å². The van der Waals surface area contributed by atoms with Crippen molar-refractivity contribution in [3.8, 4) is 0 Å². The lowest BCUT2D eigenvalue weighted by atomic mass is 10.3. The fraction of sp³-hybridized carbons (Fsp3) is 0.583. The predicted molar refractivity (Wildman–Crippen MR) is 58.6 cm³/mol. The number of hydrogen-bond donors (Lipinski definition) is 0. The van der Waals surface area contributed by atoms with Crippen LogP contribution in [0.1, 0.15) is 5.56 Å². The lowest BCUT2D eigenvalue weighted by molar-refractivity contribution is -0.696. The Morgan fingerprint density at radius 2 is 1.88 bits per heavy atom. The molecular weight excluding hydrogens is 268 g/mol. The van der Waals surface area contributed by atoms with Crippen LogP contribution in [0, 0.1) is 6.92 Å². The molecule has 0 amide bonds. The first-order valence-corrected chi connectivity index (χ1v) is 5.60. The van der Waals surface area contributed by atoms with E-state index in [4.69, 9.17) is 4.74 Å². The lowest BCUT2D eigenvalue weighted by Crippen LogP contribution is -3.00. The number of ether oxygens (including phenoxy) is 1. The van der Waals surface area contributed by atoms with Crippen molar-refractivity contribution in [2.45, 2.75) is 13.5 Å². The van der Waals surface area contributed by atoms with Crippen LogP contribution in [-0.2, 0) is 11.3 Å². The molecule has 0 aliphatic carbocycles. The first kappa shape index (κ1) is 13.6. The van der Waals surface area contributed by atoms with Crippen molar-refractivity contribution in [2.24, 2.45) is 0 Å². The van der Waals surface area contributed by atoms with Gasteiger partial charge in [0.1, 0.15) is 0 Å². The average molecular weight is 287 g/mol. The predicted octanol–water partition coefficient (Wildman–Crippen LogP) is -2.38. The second-order valence-corrected chi connectivity index (χ2v) is 4.07. The van der Waals surface area contributed by atoms with E-state index < -0.39 is 0 Å². The van der Waals surface area contributed by atoms with Crippen LogP contribution in [0.4, 0.5) is 0 Å². The summed E-state index contributed by atoms with van der Waals surface area (Å²) in [4.78, 5) is 2.45. The molecule has 1 aromatic rings. The summed E-state index contributed by atoms with van der Waals surface area (Å²) < 4.78 is 7.56. The second kappa shape index (κ2) is 6.99. The fourth-order valence-corrected chi connectivity index (χ4v) is 1.76. The highest BCUT2D eigenvalue weighted by molar-refractivity contribution is 5.03. The topological polar surface area (TPSA) is 16.4 Å². The summed E-state index contributed by atoms with van der Waals surface area (Å²) in [5, 5.41) is 0. The maximum absolute atomic E-state index is 5.32. The number of rotatable bonds is 3. The zero-order valence-corrected chi connectivity index (χ0v) is 11.3. The Morgan fingerprint density at radius 3 is 2.50 bits per heavy atom. The van der Waals surface area contributed by atoms with Gasteiger partial charge in [0.2, 0.25) is 0 Å². The first-order valence-electron chi connectivity index (χ1n) is 5.60. The van der Waals surface area contributed by atoms with Gasteiger partial charge >= 0.3 is 0 Å². The maximum Gasteiger partial charge on any atom is 0.169 e. The number of hydrogen-bond acceptors (Lipinski definition) is 2. The van der Waals surface area contributed by atoms with Crippen LogP contribution in [0.3, 0.4) is 0 Å². The smallest absolute Gasteiger partial charge is 0.169 e. The van der Waals surface area contributed by atoms with Gasteiger partial charge in [-0.05, 0) is 12.5 Å². The van der Waals surface area contributed by atoms with E-state index in [1.54, 1.807) is 0 Å². The number of nitrogens with zero attached hydrogens (tertiary/aromatic N) is 2. The van der Waals surface area contributed by atoms with Gasteiger partial charge in [0, 0.05) is 25.2 Å². The molecule has 1 aliphatic heterocycles. The Bertz CT molecular complexity index is 296. The van der Waals surface area contributed by atoms with Gasteiger partial charge in [-0.25, -0.2) is 4.57 Å². The fourth-order valence-electron chi connectivity index (χ4n) is 1.76. The molecule has 90 valence electrons. The van der Waals surface area contributed by atoms with Gasteiger partial charge in [0.15, 0.2) is 18.9 Å². The van der Waals surface area contributed by atoms with Crippen molar-refractivity contribution in [3.63, 3.8) is 0 Å². The molecule has 0 bridgehead atoms. The molecule has 0 atom stereocenters. The molecule has 2 rings (SSSR count). The zero-order chi connectivity index (χ0) is 10.5. The van der Waals surface area contributed by atoms with E-state index in [-0.39, 0.29) is 17.0 Å². The molecule has 4 heteroatoms. The number of aryl methyl sites for hydroxylation is 1. The molecule has 16 heavy (non-hydrogen) atoms. The van der Waals surface area contributed by atoms with Crippen molar-refractivity contribution >= 4 is 0 Å². The second-order valence-electron chi connectivity index (χ2n) is 4.07. The summed E-state index contributed by atoms with van der Waals surface area (Å²) in [5.41, 5.74) is 1.32. The third-order valence-corrected chi connectivity index (χ3v) is 2.84. The molecular formula is C12H19BrN2O. The van der Waals surface area contributed by atoms with Crippen molar-refractivity contribution in [2.75, 3.05) is 32.8 Å². The highest BCUT2D eigenvalue weighted by Gasteiger charge is 2.11. The Kier molecular flexibility index (Phi) is 5.95. The SMILES string of the molecule is Cc1cc[n+](CCN2CCOCC2)cc1.[Br-]. The Hall–Kier alpha value is -0.450. The summed E-state index contributed by atoms with van der Waals surface area (Å²) >= 11 is 0. The highest BCUT2D eigenvalue weighted by atomic mass is 79.9. The van der Waals surface area contributed by atoms with E-state index in [0.29, 0.717) is 0 Å². The van der Waals surface area contributed by atoms with Crippen molar-refractivity contribution in [1.29, 1.82) is 0 Å². The molecule has 1 aliphatic rings. The van der Waals surface area contributed by atoms with Gasteiger partial charge in [-0.2, -0.15) is 0 Å². The molecule has 1 aromatic heterocycles. The summed E-state index contributed by atoms with van der Waals surface area (Å²) in [7, 11) is 0. The van der Waals surface area contributed by atoms with Crippen LogP contribution in [0.5, 0.6) is 0 Å². The maximum atomic E-state index is 5.32. The largest absolute Gasteiger partial charge is 1.00 e. The molecule has 0 N–H and O–H groups in total. The molecule has 0 unspecified atom stereocenters. The third kappa shape index (κ3) is 4.20. The van der Waals surface area contributed by atoms with Crippen LogP contribution in [-0.4, -0.2) is 37.7 Å². The third-order valence-electron chi connectivity index (χ3n) is 2.84. The minimum absolute atomic E-state index is 0. The van der Waals surface area contributed by atoms with Gasteiger partial charge in [-0.1, -0.05) is 0 Å². The van der Waals surface area contributed by atoms with E-state index in [9.17, 15) is 0 Å². The van der Waals surface area contributed by atoms with Crippen LogP contribution in [0.15, 0.2) is 24.5 Å². The van der Waals surface area contributed by atoms with Crippen molar-refractivity contribution < 1.29 is 26.3 Å². The zero-order valence-electron chi connectivity index (χ0n) is 9.73. The van der Waals surface area contributed by atoms with Gasteiger partial charge in [-0.15, -0.1) is 0 Å². The summed E-state index contributed by atoms with van der Waals surface area (Å²) in [6.07, 6.45) is 4.30. The van der Waals surface area contributed by atoms with Gasteiger partial charge in [-0.3, -0.25) is 4.90 Å². The van der Waals surface area contributed by atoms with Crippen molar-refractivity contribution in [3.05, 3.63) is 30.1 Å². The lowest BCUT2D eigenvalue weighted by Gasteiger charge is -2.25. The normalized spacial score (nSPS) is 16.8. The minimum atomic E-state index is 0. The summed E-state index contributed by atoms with van der Waals surface area (Å²) in [6, 6.07) is 4.30. The van der Waals surface area contributed by atoms with Crippen LogP contribution >= 0.6 is 0 Å². The highest BCUT2D eigenvalue weighted by Crippen LogP contribution is 1.96. The van der Waals surface area contributed by atoms with E-state index in [2.05, 4.69) is 40.9 Å². The molecule has 0 radical (unpaired) electrons. The van der Waals surface area contributed by atoms with E-state index >= 15 is 0 Å². The number of pyridine rings is 1. The molecule has 3 nitrogen and oxygen atoms in total. The molecule has 1 saturated heterocycles. The standard InChI is InChI=1S/C12H19N2O.BrH/c1-12-2-4-13(5-3-12)6-7-14-8-10-15-11-9-14;/h2-5H,6-11H2,1H3;1H/q+1;/p-1. The van der Waals surface area contributed by atoms with Crippen molar-refractivity contribution in [1.82, 2.24) is 4.90 Å². The van der Waals surface area contributed by atoms with Gasteiger partial charge in [0.05, 0.1) is 19.8 Å². The van der Waals surface area contributed by atoms with Crippen LogP contribution < -0.4 is 21.5 Å². The van der Waals surface area contributed by atoms with Crippen LogP contribution in [0.2, 0.25) is 0 Å². The molecule has 1 fully saturated rings. The number of aromatic nitrogens is 1. The number of morpholine rings is 1.